The Bertz CT molecular complexity index is 472. The first-order valence-corrected chi connectivity index (χ1v) is 6.00. The maximum absolute atomic E-state index is 11.3. The number of hydrogen-bond donors (Lipinski definition) is 2. The second-order valence-electron chi connectivity index (χ2n) is 4.84. The van der Waals surface area contributed by atoms with Gasteiger partial charge in [-0.15, -0.1) is 0 Å². The van der Waals surface area contributed by atoms with Crippen LogP contribution in [-0.2, 0) is 11.2 Å². The van der Waals surface area contributed by atoms with E-state index in [-0.39, 0.29) is 11.8 Å². The molecule has 1 aromatic rings. The molecule has 2 atom stereocenters. The number of aromatic hydroxyl groups is 1. The van der Waals surface area contributed by atoms with Crippen LogP contribution in [0.3, 0.4) is 0 Å². The van der Waals surface area contributed by atoms with Gasteiger partial charge in [0.25, 0.3) is 0 Å². The number of piperidine rings is 1. The van der Waals surface area contributed by atoms with Gasteiger partial charge in [0.15, 0.2) is 0 Å². The number of phenols is 1. The minimum Gasteiger partial charge on any atom is -0.506 e. The third-order valence-corrected chi connectivity index (χ3v) is 3.84. The number of anilines is 1. The van der Waals surface area contributed by atoms with Crippen molar-refractivity contribution in [1.82, 2.24) is 0 Å². The third-order valence-electron chi connectivity index (χ3n) is 3.84. The van der Waals surface area contributed by atoms with E-state index < -0.39 is 12.0 Å². The topological polar surface area (TPSA) is 60.8 Å². The van der Waals surface area contributed by atoms with Crippen molar-refractivity contribution < 1.29 is 15.0 Å². The van der Waals surface area contributed by atoms with Gasteiger partial charge in [0.1, 0.15) is 11.8 Å². The average Bonchev–Trinajstić information content (AvgIpc) is 2.67. The SMILES string of the molecule is O=C(O)C1CCCC2Cc3cccc(O)c3N21. The highest BCUT2D eigenvalue weighted by molar-refractivity contribution is 5.82. The van der Waals surface area contributed by atoms with Gasteiger partial charge >= 0.3 is 5.97 Å². The summed E-state index contributed by atoms with van der Waals surface area (Å²) in [5.41, 5.74) is 1.81. The Kier molecular flexibility index (Phi) is 2.24. The normalized spacial score (nSPS) is 26.5. The number of carboxylic acid groups (broad SMARTS) is 1. The van der Waals surface area contributed by atoms with Crippen LogP contribution in [-0.4, -0.2) is 28.3 Å². The molecule has 0 amide bonds. The number of para-hydroxylation sites is 1. The van der Waals surface area contributed by atoms with Gasteiger partial charge in [0.2, 0.25) is 0 Å². The van der Waals surface area contributed by atoms with Crippen LogP contribution in [0.4, 0.5) is 5.69 Å². The van der Waals surface area contributed by atoms with E-state index in [2.05, 4.69) is 0 Å². The number of hydrogen-bond acceptors (Lipinski definition) is 3. The summed E-state index contributed by atoms with van der Waals surface area (Å²) in [6.45, 7) is 0. The Labute approximate surface area is 99.5 Å². The zero-order chi connectivity index (χ0) is 12.0. The molecule has 17 heavy (non-hydrogen) atoms. The molecule has 0 saturated carbocycles. The van der Waals surface area contributed by atoms with Crippen LogP contribution < -0.4 is 4.90 Å². The van der Waals surface area contributed by atoms with E-state index in [1.807, 2.05) is 17.0 Å². The average molecular weight is 233 g/mol. The standard InChI is InChI=1S/C13H15NO3/c15-11-6-1-3-8-7-9-4-2-5-10(13(16)17)14(9)12(8)11/h1,3,6,9-10,15H,2,4-5,7H2,(H,16,17). The molecular formula is C13H15NO3. The van der Waals surface area contributed by atoms with Crippen LogP contribution in [0.5, 0.6) is 5.75 Å². The van der Waals surface area contributed by atoms with Crippen LogP contribution >= 0.6 is 0 Å². The van der Waals surface area contributed by atoms with E-state index in [1.54, 1.807) is 6.07 Å². The van der Waals surface area contributed by atoms with Crippen LogP contribution in [0.2, 0.25) is 0 Å². The molecule has 2 N–H and O–H groups in total. The van der Waals surface area contributed by atoms with Crippen LogP contribution in [0.15, 0.2) is 18.2 Å². The number of rotatable bonds is 1. The number of carboxylic acids is 1. The summed E-state index contributed by atoms with van der Waals surface area (Å²) >= 11 is 0. The van der Waals surface area contributed by atoms with Gasteiger partial charge in [-0.25, -0.2) is 4.79 Å². The fourth-order valence-electron chi connectivity index (χ4n) is 3.16. The molecule has 2 aliphatic heterocycles. The smallest absolute Gasteiger partial charge is 0.326 e. The maximum Gasteiger partial charge on any atom is 0.326 e. The molecule has 1 aromatic carbocycles. The first kappa shape index (κ1) is 10.4. The summed E-state index contributed by atoms with van der Waals surface area (Å²) in [5, 5.41) is 19.2. The van der Waals surface area contributed by atoms with E-state index in [0.717, 1.165) is 30.5 Å². The zero-order valence-corrected chi connectivity index (χ0v) is 9.47. The predicted molar refractivity (Wildman–Crippen MR) is 63.4 cm³/mol. The molecule has 1 fully saturated rings. The molecule has 0 radical (unpaired) electrons. The Balaban J connectivity index is 2.07. The van der Waals surface area contributed by atoms with E-state index in [9.17, 15) is 15.0 Å². The lowest BCUT2D eigenvalue weighted by atomic mass is 9.96. The second-order valence-corrected chi connectivity index (χ2v) is 4.84. The Morgan fingerprint density at radius 2 is 2.18 bits per heavy atom. The van der Waals surface area contributed by atoms with Crippen molar-refractivity contribution in [3.05, 3.63) is 23.8 Å². The largest absolute Gasteiger partial charge is 0.506 e. The summed E-state index contributed by atoms with van der Waals surface area (Å²) in [4.78, 5) is 13.2. The molecule has 2 heterocycles. The van der Waals surface area contributed by atoms with E-state index in [1.165, 1.54) is 0 Å². The Morgan fingerprint density at radius 3 is 2.94 bits per heavy atom. The number of aliphatic carboxylic acids is 1. The van der Waals surface area contributed by atoms with Gasteiger partial charge in [-0.05, 0) is 37.3 Å². The minimum atomic E-state index is -0.786. The molecule has 0 bridgehead atoms. The number of fused-ring (bicyclic) bond motifs is 3. The second kappa shape index (κ2) is 3.65. The molecule has 0 spiro atoms. The molecule has 3 rings (SSSR count). The lowest BCUT2D eigenvalue weighted by Gasteiger charge is -2.37. The summed E-state index contributed by atoms with van der Waals surface area (Å²) in [6.07, 6.45) is 3.48. The number of carbonyl (C=O) groups is 1. The van der Waals surface area contributed by atoms with E-state index >= 15 is 0 Å². The molecule has 0 aromatic heterocycles. The van der Waals surface area contributed by atoms with Gasteiger partial charge in [-0.3, -0.25) is 0 Å². The third kappa shape index (κ3) is 1.47. The molecule has 90 valence electrons. The summed E-state index contributed by atoms with van der Waals surface area (Å²) in [5.74, 6) is -0.580. The highest BCUT2D eigenvalue weighted by Gasteiger charge is 2.41. The zero-order valence-electron chi connectivity index (χ0n) is 9.47. The van der Waals surface area contributed by atoms with Crippen LogP contribution in [0.1, 0.15) is 24.8 Å². The van der Waals surface area contributed by atoms with Crippen molar-refractivity contribution in [2.45, 2.75) is 37.8 Å². The van der Waals surface area contributed by atoms with Gasteiger partial charge in [-0.1, -0.05) is 12.1 Å². The van der Waals surface area contributed by atoms with Crippen LogP contribution in [0.25, 0.3) is 0 Å². The Morgan fingerprint density at radius 1 is 1.35 bits per heavy atom. The van der Waals surface area contributed by atoms with Gasteiger partial charge in [0, 0.05) is 6.04 Å². The van der Waals surface area contributed by atoms with Crippen LogP contribution in [0, 0.1) is 0 Å². The lowest BCUT2D eigenvalue weighted by Crippen LogP contribution is -2.48. The monoisotopic (exact) mass is 233 g/mol. The summed E-state index contributed by atoms with van der Waals surface area (Å²) in [6, 6.07) is 5.19. The van der Waals surface area contributed by atoms with Crippen molar-refractivity contribution in [3.8, 4) is 5.75 Å². The predicted octanol–water partition coefficient (Wildman–Crippen LogP) is 1.76. The first-order chi connectivity index (χ1) is 8.18. The van der Waals surface area contributed by atoms with Crippen molar-refractivity contribution in [2.24, 2.45) is 0 Å². The quantitative estimate of drug-likeness (QED) is 0.776. The lowest BCUT2D eigenvalue weighted by molar-refractivity contribution is -0.139. The first-order valence-electron chi connectivity index (χ1n) is 6.00. The molecule has 0 aliphatic carbocycles. The maximum atomic E-state index is 11.3. The Hall–Kier alpha value is -1.71. The molecule has 4 heteroatoms. The minimum absolute atomic E-state index is 0.207. The van der Waals surface area contributed by atoms with E-state index in [4.69, 9.17) is 0 Å². The fraction of sp³-hybridized carbons (Fsp3) is 0.462. The van der Waals surface area contributed by atoms with Crippen molar-refractivity contribution in [1.29, 1.82) is 0 Å². The molecule has 2 aliphatic rings. The van der Waals surface area contributed by atoms with E-state index in [0.29, 0.717) is 6.42 Å². The molecule has 2 unspecified atom stereocenters. The summed E-state index contributed by atoms with van der Waals surface area (Å²) in [7, 11) is 0. The highest BCUT2D eigenvalue weighted by Crippen LogP contribution is 2.44. The van der Waals surface area contributed by atoms with Crippen molar-refractivity contribution in [3.63, 3.8) is 0 Å². The highest BCUT2D eigenvalue weighted by atomic mass is 16.4. The number of benzene rings is 1. The fourth-order valence-corrected chi connectivity index (χ4v) is 3.16. The van der Waals surface area contributed by atoms with Gasteiger partial charge < -0.3 is 15.1 Å². The van der Waals surface area contributed by atoms with Gasteiger partial charge in [-0.2, -0.15) is 0 Å². The van der Waals surface area contributed by atoms with Gasteiger partial charge in [0.05, 0.1) is 5.69 Å². The molecular weight excluding hydrogens is 218 g/mol. The van der Waals surface area contributed by atoms with Crippen molar-refractivity contribution >= 4 is 11.7 Å². The van der Waals surface area contributed by atoms with Crippen molar-refractivity contribution in [2.75, 3.05) is 4.90 Å². The summed E-state index contributed by atoms with van der Waals surface area (Å²) < 4.78 is 0. The number of phenolic OH excluding ortho intramolecular Hbond substituents is 1. The molecule has 1 saturated heterocycles. The molecule has 4 nitrogen and oxygen atoms in total. The number of nitrogens with zero attached hydrogens (tertiary/aromatic N) is 1.